The normalized spacial score (nSPS) is 18.2. The molecule has 2 heterocycles. The second-order valence-electron chi connectivity index (χ2n) is 7.24. The van der Waals surface area contributed by atoms with Crippen LogP contribution in [0.3, 0.4) is 0 Å². The van der Waals surface area contributed by atoms with E-state index in [4.69, 9.17) is 16.3 Å². The van der Waals surface area contributed by atoms with E-state index in [9.17, 15) is 4.79 Å². The molecule has 0 unspecified atom stereocenters. The topological polar surface area (TPSA) is 42.4 Å². The summed E-state index contributed by atoms with van der Waals surface area (Å²) in [5.41, 5.74) is 0.804. The molecule has 1 amide bonds. The van der Waals surface area contributed by atoms with Crippen LogP contribution in [0, 0.1) is 11.8 Å². The molecule has 0 spiro atoms. The number of likely N-dealkylation sites (tertiary alicyclic amines) is 1. The molecule has 0 N–H and O–H groups in total. The largest absolute Gasteiger partial charge is 0.444 e. The number of nitrogens with zero attached hydrogens (tertiary/aromatic N) is 2. The highest BCUT2D eigenvalue weighted by atomic mass is 35.5. The van der Waals surface area contributed by atoms with Crippen molar-refractivity contribution in [3.05, 3.63) is 40.7 Å². The Balaban J connectivity index is 2.14. The van der Waals surface area contributed by atoms with Crippen molar-refractivity contribution in [3.63, 3.8) is 0 Å². The fourth-order valence-electron chi connectivity index (χ4n) is 2.55. The lowest BCUT2D eigenvalue weighted by atomic mass is 9.95. The molecule has 0 saturated carbocycles. The smallest absolute Gasteiger partial charge is 0.410 e. The molecule has 1 aliphatic rings. The Kier molecular flexibility index (Phi) is 5.25. The van der Waals surface area contributed by atoms with E-state index in [1.165, 1.54) is 0 Å². The summed E-state index contributed by atoms with van der Waals surface area (Å²) < 4.78 is 5.49. The molecule has 2 rings (SSSR count). The molecule has 1 aliphatic heterocycles. The third kappa shape index (κ3) is 4.52. The van der Waals surface area contributed by atoms with Gasteiger partial charge in [0.05, 0.1) is 5.54 Å². The molecule has 0 radical (unpaired) electrons. The van der Waals surface area contributed by atoms with E-state index in [-0.39, 0.29) is 6.09 Å². The molecule has 0 aliphatic carbocycles. The van der Waals surface area contributed by atoms with Crippen LogP contribution in [0.25, 0.3) is 0 Å². The second kappa shape index (κ2) is 6.86. The van der Waals surface area contributed by atoms with Gasteiger partial charge in [-0.3, -0.25) is 4.90 Å². The van der Waals surface area contributed by atoms with Crippen LogP contribution < -0.4 is 0 Å². The fraction of sp³-hybridized carbons (Fsp3) is 0.474. The summed E-state index contributed by atoms with van der Waals surface area (Å²) >= 11 is 5.92. The summed E-state index contributed by atoms with van der Waals surface area (Å²) in [6.07, 6.45) is 3.99. The first kappa shape index (κ1) is 18.4. The third-order valence-corrected chi connectivity index (χ3v) is 4.08. The molecular formula is C19H23ClN2O2. The van der Waals surface area contributed by atoms with Gasteiger partial charge in [-0.1, -0.05) is 17.5 Å². The monoisotopic (exact) mass is 346 g/mol. The quantitative estimate of drug-likeness (QED) is 0.652. The number of rotatable bonds is 0. The number of pyridine rings is 1. The highest BCUT2D eigenvalue weighted by Gasteiger charge is 2.41. The molecule has 1 aromatic heterocycles. The van der Waals surface area contributed by atoms with Crippen LogP contribution in [0.15, 0.2) is 30.0 Å². The Hall–Kier alpha value is -1.99. The second-order valence-corrected chi connectivity index (χ2v) is 7.68. The maximum atomic E-state index is 12.4. The third-order valence-electron chi connectivity index (χ3n) is 3.85. The van der Waals surface area contributed by atoms with Crippen molar-refractivity contribution in [2.75, 3.05) is 6.54 Å². The first-order valence-corrected chi connectivity index (χ1v) is 8.30. The number of carbonyl (C=O) groups is 1. The lowest BCUT2D eigenvalue weighted by Gasteiger charge is -2.34. The number of amides is 1. The van der Waals surface area contributed by atoms with E-state index < -0.39 is 11.1 Å². The van der Waals surface area contributed by atoms with Gasteiger partial charge in [-0.15, -0.1) is 0 Å². The predicted octanol–water partition coefficient (Wildman–Crippen LogP) is 4.43. The van der Waals surface area contributed by atoms with E-state index in [2.05, 4.69) is 16.8 Å². The maximum absolute atomic E-state index is 12.4. The fourth-order valence-corrected chi connectivity index (χ4v) is 2.71. The molecule has 1 fully saturated rings. The van der Waals surface area contributed by atoms with Crippen molar-refractivity contribution in [2.24, 2.45) is 0 Å². The van der Waals surface area contributed by atoms with Crippen LogP contribution >= 0.6 is 11.6 Å². The zero-order valence-corrected chi connectivity index (χ0v) is 15.6. The van der Waals surface area contributed by atoms with E-state index >= 15 is 0 Å². The van der Waals surface area contributed by atoms with Crippen molar-refractivity contribution in [1.29, 1.82) is 0 Å². The molecule has 24 heavy (non-hydrogen) atoms. The predicted molar refractivity (Wildman–Crippen MR) is 95.8 cm³/mol. The van der Waals surface area contributed by atoms with Crippen molar-refractivity contribution in [1.82, 2.24) is 9.88 Å². The SMILES string of the molecule is CC(C)(C)OC(=O)N1CC/C(=C\C#Cc2cc(Cl)ccn2)C1(C)C. The minimum atomic E-state index is -0.502. The molecule has 5 heteroatoms. The summed E-state index contributed by atoms with van der Waals surface area (Å²) in [6, 6.07) is 3.43. The van der Waals surface area contributed by atoms with Gasteiger partial charge in [0.25, 0.3) is 0 Å². The van der Waals surface area contributed by atoms with Gasteiger partial charge < -0.3 is 4.74 Å². The minimum absolute atomic E-state index is 0.291. The van der Waals surface area contributed by atoms with Crippen molar-refractivity contribution in [2.45, 2.75) is 52.2 Å². The average Bonchev–Trinajstić information content (AvgIpc) is 2.72. The Labute approximate surface area is 148 Å². The number of carbonyl (C=O) groups excluding carboxylic acids is 1. The van der Waals surface area contributed by atoms with Gasteiger partial charge in [-0.2, -0.15) is 0 Å². The molecule has 0 bridgehead atoms. The number of ether oxygens (including phenoxy) is 1. The van der Waals surface area contributed by atoms with Crippen LogP contribution in [-0.4, -0.2) is 33.7 Å². The number of halogens is 1. The van der Waals surface area contributed by atoms with E-state index in [1.54, 1.807) is 23.2 Å². The number of aromatic nitrogens is 1. The van der Waals surface area contributed by atoms with Crippen LogP contribution in [0.5, 0.6) is 0 Å². The highest BCUT2D eigenvalue weighted by molar-refractivity contribution is 6.30. The summed E-state index contributed by atoms with van der Waals surface area (Å²) in [7, 11) is 0. The zero-order valence-electron chi connectivity index (χ0n) is 14.8. The van der Waals surface area contributed by atoms with Crippen molar-refractivity contribution >= 4 is 17.7 Å². The van der Waals surface area contributed by atoms with Crippen LogP contribution in [0.1, 0.15) is 46.7 Å². The number of hydrogen-bond acceptors (Lipinski definition) is 3. The molecular weight excluding hydrogens is 324 g/mol. The van der Waals surface area contributed by atoms with Crippen molar-refractivity contribution in [3.8, 4) is 11.8 Å². The van der Waals surface area contributed by atoms with E-state index in [0.717, 1.165) is 12.0 Å². The summed E-state index contributed by atoms with van der Waals surface area (Å²) in [4.78, 5) is 18.3. The van der Waals surface area contributed by atoms with Crippen LogP contribution in [-0.2, 0) is 4.74 Å². The zero-order chi connectivity index (χ0) is 18.0. The van der Waals surface area contributed by atoms with Crippen molar-refractivity contribution < 1.29 is 9.53 Å². The number of hydrogen-bond donors (Lipinski definition) is 0. The molecule has 4 nitrogen and oxygen atoms in total. The molecule has 0 atom stereocenters. The standard InChI is InChI=1S/C19H23ClN2O2/c1-18(2,3)24-17(23)22-12-10-14(19(22,4)5)7-6-8-16-13-15(20)9-11-21-16/h7,9,11,13H,10,12H2,1-5H3/b14-7+. The Morgan fingerprint density at radius 1 is 1.46 bits per heavy atom. The Morgan fingerprint density at radius 2 is 2.17 bits per heavy atom. The van der Waals surface area contributed by atoms with E-state index in [1.807, 2.05) is 40.7 Å². The average molecular weight is 347 g/mol. The van der Waals surface area contributed by atoms with Gasteiger partial charge in [-0.25, -0.2) is 9.78 Å². The summed E-state index contributed by atoms with van der Waals surface area (Å²) in [5, 5.41) is 0.610. The van der Waals surface area contributed by atoms with Crippen LogP contribution in [0.2, 0.25) is 5.02 Å². The molecule has 0 aromatic carbocycles. The van der Waals surface area contributed by atoms with Gasteiger partial charge in [0.1, 0.15) is 11.3 Å². The molecule has 1 aromatic rings. The van der Waals surface area contributed by atoms with Gasteiger partial charge in [-0.05, 0) is 70.7 Å². The first-order valence-electron chi connectivity index (χ1n) is 7.93. The van der Waals surface area contributed by atoms with Gasteiger partial charge in [0.2, 0.25) is 0 Å². The summed E-state index contributed by atoms with van der Waals surface area (Å²) in [6.45, 7) is 10.3. The van der Waals surface area contributed by atoms with Gasteiger partial charge in [0, 0.05) is 17.8 Å². The first-order chi connectivity index (χ1) is 11.1. The van der Waals surface area contributed by atoms with Gasteiger partial charge in [0.15, 0.2) is 0 Å². The highest BCUT2D eigenvalue weighted by Crippen LogP contribution is 2.34. The molecule has 1 saturated heterocycles. The van der Waals surface area contributed by atoms with Gasteiger partial charge >= 0.3 is 6.09 Å². The van der Waals surface area contributed by atoms with Crippen LogP contribution in [0.4, 0.5) is 4.79 Å². The number of allylic oxidation sites excluding steroid dienone is 1. The Morgan fingerprint density at radius 3 is 2.79 bits per heavy atom. The maximum Gasteiger partial charge on any atom is 0.410 e. The van der Waals surface area contributed by atoms with E-state index in [0.29, 0.717) is 17.3 Å². The Bertz CT molecular complexity index is 721. The lowest BCUT2D eigenvalue weighted by molar-refractivity contribution is 0.0160. The summed E-state index contributed by atoms with van der Waals surface area (Å²) in [5.74, 6) is 6.00. The molecule has 128 valence electrons. The minimum Gasteiger partial charge on any atom is -0.444 e. The lowest BCUT2D eigenvalue weighted by Crippen LogP contribution is -2.46.